The summed E-state index contributed by atoms with van der Waals surface area (Å²) in [7, 11) is 0. The predicted octanol–water partition coefficient (Wildman–Crippen LogP) is 1.04. The molecule has 2 atom stereocenters. The highest BCUT2D eigenvalue weighted by atomic mass is 32.1. The Labute approximate surface area is 168 Å². The maximum atomic E-state index is 12.7. The van der Waals surface area contributed by atoms with Gasteiger partial charge in [-0.15, -0.1) is 11.3 Å². The van der Waals surface area contributed by atoms with E-state index < -0.39 is 0 Å². The van der Waals surface area contributed by atoms with Crippen LogP contribution in [0.15, 0.2) is 24.3 Å². The summed E-state index contributed by atoms with van der Waals surface area (Å²) in [6.45, 7) is 4.33. The minimum Gasteiger partial charge on any atom is -0.378 e. The number of rotatable bonds is 5. The number of para-hydroxylation sites is 1. The minimum atomic E-state index is -0.167. The van der Waals surface area contributed by atoms with E-state index in [4.69, 9.17) is 4.74 Å². The standard InChI is InChI=1S/C20H26N4O3S/c25-19(22-6-5-18-23-16-3-1-2-4-17(16)28-18)14-11-15(13-21-12-14)20(26)24-7-9-27-10-8-24/h1-4,14-15,21H,5-13H2,(H,22,25). The summed E-state index contributed by atoms with van der Waals surface area (Å²) in [5, 5.41) is 7.32. The number of hydrogen-bond acceptors (Lipinski definition) is 6. The molecule has 2 unspecified atom stereocenters. The van der Waals surface area contributed by atoms with Crippen LogP contribution < -0.4 is 10.6 Å². The van der Waals surface area contributed by atoms with Crippen LogP contribution in [0.4, 0.5) is 0 Å². The van der Waals surface area contributed by atoms with E-state index in [1.165, 1.54) is 4.70 Å². The Morgan fingerprint density at radius 2 is 2.00 bits per heavy atom. The Morgan fingerprint density at radius 1 is 1.21 bits per heavy atom. The predicted molar refractivity (Wildman–Crippen MR) is 108 cm³/mol. The molecule has 7 nitrogen and oxygen atoms in total. The number of morpholine rings is 1. The average Bonchev–Trinajstić information content (AvgIpc) is 3.16. The monoisotopic (exact) mass is 402 g/mol. The van der Waals surface area contributed by atoms with Gasteiger partial charge in [-0.25, -0.2) is 4.98 Å². The second-order valence-corrected chi connectivity index (χ2v) is 8.46. The fourth-order valence-corrected chi connectivity index (χ4v) is 4.80. The molecule has 150 valence electrons. The Morgan fingerprint density at radius 3 is 2.82 bits per heavy atom. The molecule has 0 aliphatic carbocycles. The lowest BCUT2D eigenvalue weighted by molar-refractivity contribution is -0.141. The molecule has 2 fully saturated rings. The van der Waals surface area contributed by atoms with Crippen molar-refractivity contribution in [3.05, 3.63) is 29.3 Å². The minimum absolute atomic E-state index is 0.0214. The van der Waals surface area contributed by atoms with Crippen molar-refractivity contribution in [2.45, 2.75) is 12.8 Å². The first kappa shape index (κ1) is 19.3. The van der Waals surface area contributed by atoms with E-state index in [-0.39, 0.29) is 23.7 Å². The molecular weight excluding hydrogens is 376 g/mol. The fraction of sp³-hybridized carbons (Fsp3) is 0.550. The molecule has 0 bridgehead atoms. The van der Waals surface area contributed by atoms with E-state index in [2.05, 4.69) is 21.7 Å². The molecule has 4 rings (SSSR count). The largest absolute Gasteiger partial charge is 0.378 e. The van der Waals surface area contributed by atoms with Gasteiger partial charge >= 0.3 is 0 Å². The highest BCUT2D eigenvalue weighted by Crippen LogP contribution is 2.22. The molecule has 2 aliphatic heterocycles. The zero-order valence-corrected chi connectivity index (χ0v) is 16.7. The first-order valence-electron chi connectivity index (χ1n) is 9.90. The maximum absolute atomic E-state index is 12.7. The number of ether oxygens (including phenoxy) is 1. The number of piperidine rings is 1. The number of carbonyl (C=O) groups excluding carboxylic acids is 2. The molecule has 8 heteroatoms. The van der Waals surface area contributed by atoms with Crippen molar-refractivity contribution in [1.29, 1.82) is 0 Å². The van der Waals surface area contributed by atoms with Crippen molar-refractivity contribution >= 4 is 33.4 Å². The van der Waals surface area contributed by atoms with Crippen LogP contribution >= 0.6 is 11.3 Å². The van der Waals surface area contributed by atoms with Crippen LogP contribution in [-0.2, 0) is 20.7 Å². The van der Waals surface area contributed by atoms with Crippen LogP contribution in [0.3, 0.4) is 0 Å². The quantitative estimate of drug-likeness (QED) is 0.781. The third kappa shape index (κ3) is 4.51. The van der Waals surface area contributed by atoms with E-state index in [9.17, 15) is 9.59 Å². The van der Waals surface area contributed by atoms with E-state index in [1.807, 2.05) is 23.1 Å². The van der Waals surface area contributed by atoms with Gasteiger partial charge in [0.2, 0.25) is 11.8 Å². The lowest BCUT2D eigenvalue weighted by Crippen LogP contribution is -2.51. The third-order valence-corrected chi connectivity index (χ3v) is 6.47. The Kier molecular flexibility index (Phi) is 6.19. The first-order valence-corrected chi connectivity index (χ1v) is 10.7. The molecule has 0 saturated carbocycles. The number of amides is 2. The van der Waals surface area contributed by atoms with Crippen LogP contribution in [0.2, 0.25) is 0 Å². The van der Waals surface area contributed by atoms with Crippen molar-refractivity contribution in [2.75, 3.05) is 45.9 Å². The molecule has 1 aromatic carbocycles. The number of nitrogens with zero attached hydrogens (tertiary/aromatic N) is 2. The first-order chi connectivity index (χ1) is 13.7. The number of fused-ring (bicyclic) bond motifs is 1. The highest BCUT2D eigenvalue weighted by Gasteiger charge is 2.33. The SMILES string of the molecule is O=C(NCCc1nc2ccccc2s1)C1CNCC(C(=O)N2CCOCC2)C1. The molecule has 3 heterocycles. The Hall–Kier alpha value is -2.03. The number of benzene rings is 1. The fourth-order valence-electron chi connectivity index (χ4n) is 3.84. The van der Waals surface area contributed by atoms with Crippen LogP contribution in [0.5, 0.6) is 0 Å². The second kappa shape index (κ2) is 8.98. The summed E-state index contributed by atoms with van der Waals surface area (Å²) < 4.78 is 6.49. The highest BCUT2D eigenvalue weighted by molar-refractivity contribution is 7.18. The van der Waals surface area contributed by atoms with Crippen LogP contribution in [-0.4, -0.2) is 67.6 Å². The summed E-state index contributed by atoms with van der Waals surface area (Å²) in [5.74, 6) is -0.137. The van der Waals surface area contributed by atoms with Crippen LogP contribution in [0.1, 0.15) is 11.4 Å². The lowest BCUT2D eigenvalue weighted by atomic mass is 9.88. The molecule has 1 aromatic heterocycles. The molecule has 2 aromatic rings. The zero-order chi connectivity index (χ0) is 19.3. The summed E-state index contributed by atoms with van der Waals surface area (Å²) in [4.78, 5) is 31.8. The lowest BCUT2D eigenvalue weighted by Gasteiger charge is -2.34. The number of nitrogens with one attached hydrogen (secondary N) is 2. The molecule has 2 amide bonds. The molecule has 2 saturated heterocycles. The molecule has 28 heavy (non-hydrogen) atoms. The molecule has 2 aliphatic rings. The van der Waals surface area contributed by atoms with E-state index in [0.29, 0.717) is 52.4 Å². The number of carbonyl (C=O) groups is 2. The average molecular weight is 403 g/mol. The van der Waals surface area contributed by atoms with Crippen LogP contribution in [0.25, 0.3) is 10.2 Å². The normalized spacial score (nSPS) is 22.9. The summed E-state index contributed by atoms with van der Waals surface area (Å²) in [6, 6.07) is 8.07. The summed E-state index contributed by atoms with van der Waals surface area (Å²) >= 11 is 1.67. The van der Waals surface area contributed by atoms with Gasteiger partial charge < -0.3 is 20.3 Å². The van der Waals surface area contributed by atoms with Crippen LogP contribution in [0, 0.1) is 11.8 Å². The second-order valence-electron chi connectivity index (χ2n) is 7.34. The van der Waals surface area contributed by atoms with Gasteiger partial charge in [0.05, 0.1) is 40.3 Å². The topological polar surface area (TPSA) is 83.6 Å². The van der Waals surface area contributed by atoms with Gasteiger partial charge in [-0.05, 0) is 18.6 Å². The molecular formula is C20H26N4O3S. The molecule has 0 radical (unpaired) electrons. The van der Waals surface area contributed by atoms with E-state index in [1.54, 1.807) is 11.3 Å². The number of thiazole rings is 1. The van der Waals surface area contributed by atoms with Crippen molar-refractivity contribution < 1.29 is 14.3 Å². The van der Waals surface area contributed by atoms with Crippen molar-refractivity contribution in [3.63, 3.8) is 0 Å². The third-order valence-electron chi connectivity index (χ3n) is 5.37. The van der Waals surface area contributed by atoms with Crippen molar-refractivity contribution in [2.24, 2.45) is 11.8 Å². The van der Waals surface area contributed by atoms with Crippen molar-refractivity contribution in [3.8, 4) is 0 Å². The van der Waals surface area contributed by atoms with Gasteiger partial charge in [0.25, 0.3) is 0 Å². The Balaban J connectivity index is 1.26. The van der Waals surface area contributed by atoms with Gasteiger partial charge in [-0.2, -0.15) is 0 Å². The number of hydrogen-bond donors (Lipinski definition) is 2. The van der Waals surface area contributed by atoms with Gasteiger partial charge in [0.1, 0.15) is 0 Å². The summed E-state index contributed by atoms with van der Waals surface area (Å²) in [6.07, 6.45) is 1.33. The van der Waals surface area contributed by atoms with E-state index >= 15 is 0 Å². The van der Waals surface area contributed by atoms with E-state index in [0.717, 1.165) is 16.9 Å². The Bertz CT molecular complexity index is 801. The van der Waals surface area contributed by atoms with Gasteiger partial charge in [0.15, 0.2) is 0 Å². The summed E-state index contributed by atoms with van der Waals surface area (Å²) in [5.41, 5.74) is 1.01. The number of aromatic nitrogens is 1. The smallest absolute Gasteiger partial charge is 0.227 e. The molecule has 2 N–H and O–H groups in total. The zero-order valence-electron chi connectivity index (χ0n) is 15.9. The molecule has 0 spiro atoms. The van der Waals surface area contributed by atoms with Gasteiger partial charge in [-0.3, -0.25) is 9.59 Å². The van der Waals surface area contributed by atoms with Gasteiger partial charge in [-0.1, -0.05) is 12.1 Å². The maximum Gasteiger partial charge on any atom is 0.227 e. The van der Waals surface area contributed by atoms with Gasteiger partial charge in [0, 0.05) is 39.1 Å². The van der Waals surface area contributed by atoms with Crippen molar-refractivity contribution in [1.82, 2.24) is 20.5 Å².